The molecule has 1 rings (SSSR count). The molecule has 0 aliphatic rings. The molecule has 0 atom stereocenters. The Kier molecular flexibility index (Phi) is 3.90. The number of rotatable bonds is 4. The summed E-state index contributed by atoms with van der Waals surface area (Å²) in [5.74, 6) is 0. The lowest BCUT2D eigenvalue weighted by molar-refractivity contribution is 0.287. The van der Waals surface area contributed by atoms with Gasteiger partial charge in [0.15, 0.2) is 0 Å². The van der Waals surface area contributed by atoms with E-state index in [9.17, 15) is 0 Å². The zero-order chi connectivity index (χ0) is 11.5. The predicted molar refractivity (Wildman–Crippen MR) is 67.4 cm³/mol. The van der Waals surface area contributed by atoms with Crippen molar-refractivity contribution in [2.45, 2.75) is 46.6 Å². The van der Waals surface area contributed by atoms with Crippen LogP contribution in [0.1, 0.15) is 40.3 Å². The molecule has 86 valence electrons. The van der Waals surface area contributed by atoms with E-state index in [4.69, 9.17) is 0 Å². The normalized spacial score (nSPS) is 13.1. The van der Waals surface area contributed by atoms with Crippen LogP contribution in [0.15, 0.2) is 10.9 Å². The standard InChI is InChI=1S/C12H22N2S/c1-11(2,3)14-8-12(4,5)6-10-7-15-9-13-10/h7,9,14H,6,8H2,1-5H3. The second-order valence-corrected chi connectivity index (χ2v) is 6.64. The van der Waals surface area contributed by atoms with E-state index in [1.54, 1.807) is 11.3 Å². The van der Waals surface area contributed by atoms with Crippen LogP contribution in [0.25, 0.3) is 0 Å². The van der Waals surface area contributed by atoms with Gasteiger partial charge in [-0.05, 0) is 32.6 Å². The second-order valence-electron chi connectivity index (χ2n) is 5.92. The van der Waals surface area contributed by atoms with Gasteiger partial charge in [0.05, 0.1) is 11.2 Å². The van der Waals surface area contributed by atoms with Gasteiger partial charge in [0.1, 0.15) is 0 Å². The van der Waals surface area contributed by atoms with Crippen LogP contribution in [0.2, 0.25) is 0 Å². The van der Waals surface area contributed by atoms with Gasteiger partial charge in [-0.1, -0.05) is 13.8 Å². The first-order valence-electron chi connectivity index (χ1n) is 5.41. The van der Waals surface area contributed by atoms with Crippen LogP contribution in [0.3, 0.4) is 0 Å². The van der Waals surface area contributed by atoms with Crippen molar-refractivity contribution >= 4 is 11.3 Å². The molecule has 0 unspecified atom stereocenters. The molecule has 0 saturated heterocycles. The van der Waals surface area contributed by atoms with Gasteiger partial charge >= 0.3 is 0 Å². The maximum Gasteiger partial charge on any atom is 0.0794 e. The highest BCUT2D eigenvalue weighted by atomic mass is 32.1. The van der Waals surface area contributed by atoms with Gasteiger partial charge < -0.3 is 5.32 Å². The van der Waals surface area contributed by atoms with Crippen LogP contribution < -0.4 is 5.32 Å². The fourth-order valence-electron chi connectivity index (χ4n) is 1.38. The van der Waals surface area contributed by atoms with E-state index < -0.39 is 0 Å². The molecule has 0 amide bonds. The van der Waals surface area contributed by atoms with Gasteiger partial charge in [0.25, 0.3) is 0 Å². The van der Waals surface area contributed by atoms with E-state index >= 15 is 0 Å². The molecule has 0 radical (unpaired) electrons. The van der Waals surface area contributed by atoms with Crippen molar-refractivity contribution in [2.75, 3.05) is 6.54 Å². The Morgan fingerprint density at radius 2 is 1.93 bits per heavy atom. The minimum Gasteiger partial charge on any atom is -0.312 e. The monoisotopic (exact) mass is 226 g/mol. The van der Waals surface area contributed by atoms with E-state index in [-0.39, 0.29) is 11.0 Å². The minimum atomic E-state index is 0.194. The van der Waals surface area contributed by atoms with Crippen LogP contribution in [0.5, 0.6) is 0 Å². The van der Waals surface area contributed by atoms with Crippen molar-refractivity contribution in [2.24, 2.45) is 5.41 Å². The Hall–Kier alpha value is -0.410. The first-order chi connectivity index (χ1) is 6.79. The van der Waals surface area contributed by atoms with E-state index in [1.807, 2.05) is 5.51 Å². The molecule has 1 N–H and O–H groups in total. The molecule has 2 nitrogen and oxygen atoms in total. The molecule has 0 bridgehead atoms. The van der Waals surface area contributed by atoms with E-state index in [1.165, 1.54) is 5.69 Å². The summed E-state index contributed by atoms with van der Waals surface area (Å²) in [6.45, 7) is 12.2. The number of hydrogen-bond acceptors (Lipinski definition) is 3. The fraction of sp³-hybridized carbons (Fsp3) is 0.750. The molecule has 15 heavy (non-hydrogen) atoms. The minimum absolute atomic E-state index is 0.194. The number of nitrogens with one attached hydrogen (secondary N) is 1. The topological polar surface area (TPSA) is 24.9 Å². The lowest BCUT2D eigenvalue weighted by Crippen LogP contribution is -2.42. The molecule has 0 spiro atoms. The van der Waals surface area contributed by atoms with Crippen LogP contribution in [-0.4, -0.2) is 17.1 Å². The molecule has 0 aliphatic carbocycles. The lowest BCUT2D eigenvalue weighted by Gasteiger charge is -2.30. The van der Waals surface area contributed by atoms with Gasteiger partial charge in [0, 0.05) is 17.5 Å². The largest absolute Gasteiger partial charge is 0.312 e. The average Bonchev–Trinajstić information content (AvgIpc) is 2.52. The molecule has 1 aromatic heterocycles. The summed E-state index contributed by atoms with van der Waals surface area (Å²) in [5.41, 5.74) is 3.57. The third-order valence-electron chi connectivity index (χ3n) is 2.24. The number of aromatic nitrogens is 1. The summed E-state index contributed by atoms with van der Waals surface area (Å²) in [4.78, 5) is 4.34. The van der Waals surface area contributed by atoms with Crippen LogP contribution in [0.4, 0.5) is 0 Å². The summed E-state index contributed by atoms with van der Waals surface area (Å²) in [6, 6.07) is 0. The van der Waals surface area contributed by atoms with Crippen molar-refractivity contribution in [1.82, 2.24) is 10.3 Å². The number of nitrogens with zero attached hydrogens (tertiary/aromatic N) is 1. The van der Waals surface area contributed by atoms with Crippen molar-refractivity contribution in [3.63, 3.8) is 0 Å². The molecular weight excluding hydrogens is 204 g/mol. The third kappa shape index (κ3) is 5.28. The molecule has 0 aromatic carbocycles. The highest BCUT2D eigenvalue weighted by molar-refractivity contribution is 7.07. The first kappa shape index (κ1) is 12.7. The maximum atomic E-state index is 4.34. The first-order valence-corrected chi connectivity index (χ1v) is 6.35. The van der Waals surface area contributed by atoms with Crippen molar-refractivity contribution in [1.29, 1.82) is 0 Å². The van der Waals surface area contributed by atoms with Crippen LogP contribution in [-0.2, 0) is 6.42 Å². The lowest BCUT2D eigenvalue weighted by atomic mass is 9.87. The summed E-state index contributed by atoms with van der Waals surface area (Å²) in [6.07, 6.45) is 1.04. The van der Waals surface area contributed by atoms with Gasteiger partial charge in [-0.25, -0.2) is 4.98 Å². The Morgan fingerprint density at radius 3 is 2.40 bits per heavy atom. The summed E-state index contributed by atoms with van der Waals surface area (Å²) < 4.78 is 0. The Bertz CT molecular complexity index is 283. The highest BCUT2D eigenvalue weighted by Crippen LogP contribution is 2.21. The van der Waals surface area contributed by atoms with E-state index in [2.05, 4.69) is 50.3 Å². The van der Waals surface area contributed by atoms with Gasteiger partial charge in [-0.2, -0.15) is 0 Å². The predicted octanol–water partition coefficient (Wildman–Crippen LogP) is 3.10. The van der Waals surface area contributed by atoms with Gasteiger partial charge in [0.2, 0.25) is 0 Å². The van der Waals surface area contributed by atoms with Crippen LogP contribution >= 0.6 is 11.3 Å². The molecule has 0 aliphatic heterocycles. The molecule has 0 saturated carbocycles. The quantitative estimate of drug-likeness (QED) is 0.853. The molecule has 0 fully saturated rings. The zero-order valence-electron chi connectivity index (χ0n) is 10.4. The molecule has 1 aromatic rings. The third-order valence-corrected chi connectivity index (χ3v) is 2.88. The van der Waals surface area contributed by atoms with Crippen molar-refractivity contribution < 1.29 is 0 Å². The van der Waals surface area contributed by atoms with Gasteiger partial charge in [-0.3, -0.25) is 0 Å². The number of hydrogen-bond donors (Lipinski definition) is 1. The SMILES string of the molecule is CC(C)(CNC(C)(C)C)Cc1cscn1. The highest BCUT2D eigenvalue weighted by Gasteiger charge is 2.21. The summed E-state index contributed by atoms with van der Waals surface area (Å²) in [5, 5.41) is 5.69. The Labute approximate surface area is 97.1 Å². The molecular formula is C12H22N2S. The van der Waals surface area contributed by atoms with Crippen molar-refractivity contribution in [3.05, 3.63) is 16.6 Å². The Morgan fingerprint density at radius 1 is 1.27 bits per heavy atom. The van der Waals surface area contributed by atoms with E-state index in [0.717, 1.165) is 13.0 Å². The summed E-state index contributed by atoms with van der Waals surface area (Å²) >= 11 is 1.67. The van der Waals surface area contributed by atoms with Crippen LogP contribution in [0, 0.1) is 5.41 Å². The van der Waals surface area contributed by atoms with Gasteiger partial charge in [-0.15, -0.1) is 11.3 Å². The second kappa shape index (κ2) is 4.62. The molecule has 1 heterocycles. The Balaban J connectivity index is 2.45. The van der Waals surface area contributed by atoms with Crippen molar-refractivity contribution in [3.8, 4) is 0 Å². The summed E-state index contributed by atoms with van der Waals surface area (Å²) in [7, 11) is 0. The zero-order valence-corrected chi connectivity index (χ0v) is 11.2. The van der Waals surface area contributed by atoms with E-state index in [0.29, 0.717) is 0 Å². The number of thiazole rings is 1. The maximum absolute atomic E-state index is 4.34. The fourth-order valence-corrected chi connectivity index (χ4v) is 1.94. The molecule has 3 heteroatoms. The smallest absolute Gasteiger partial charge is 0.0794 e. The average molecular weight is 226 g/mol.